The molecule has 0 spiro atoms. The minimum absolute atomic E-state index is 0.192. The van der Waals surface area contributed by atoms with Crippen molar-refractivity contribution in [3.05, 3.63) is 59.9 Å². The molecular weight excluding hydrogens is 238 g/mol. The normalized spacial score (nSPS) is 12.1. The number of benzene rings is 1. The lowest BCUT2D eigenvalue weighted by Gasteiger charge is -2.16. The molecule has 0 aliphatic carbocycles. The SMILES string of the molecule is COc1ccc(CC(Cc2cccnc2)NN)cc1. The van der Waals surface area contributed by atoms with Crippen LogP contribution in [0.5, 0.6) is 5.75 Å². The van der Waals surface area contributed by atoms with Crippen LogP contribution >= 0.6 is 0 Å². The van der Waals surface area contributed by atoms with E-state index >= 15 is 0 Å². The molecule has 0 amide bonds. The van der Waals surface area contributed by atoms with Crippen molar-refractivity contribution in [2.24, 2.45) is 5.84 Å². The van der Waals surface area contributed by atoms with Crippen molar-refractivity contribution in [1.29, 1.82) is 0 Å². The highest BCUT2D eigenvalue weighted by Crippen LogP contribution is 2.13. The number of pyridine rings is 1. The third-order valence-corrected chi connectivity index (χ3v) is 3.08. The van der Waals surface area contributed by atoms with E-state index in [1.165, 1.54) is 11.1 Å². The van der Waals surface area contributed by atoms with E-state index in [-0.39, 0.29) is 6.04 Å². The molecule has 19 heavy (non-hydrogen) atoms. The molecule has 4 heteroatoms. The van der Waals surface area contributed by atoms with Crippen molar-refractivity contribution >= 4 is 0 Å². The van der Waals surface area contributed by atoms with E-state index in [1.807, 2.05) is 24.4 Å². The van der Waals surface area contributed by atoms with E-state index in [0.717, 1.165) is 18.6 Å². The molecule has 1 unspecified atom stereocenters. The topological polar surface area (TPSA) is 60.2 Å². The second-order valence-electron chi connectivity index (χ2n) is 4.48. The summed E-state index contributed by atoms with van der Waals surface area (Å²) in [5.74, 6) is 6.50. The standard InChI is InChI=1S/C15H19N3O/c1-19-15-6-4-12(5-7-15)9-14(18-16)10-13-3-2-8-17-11-13/h2-8,11,14,18H,9-10,16H2,1H3. The monoisotopic (exact) mass is 257 g/mol. The Kier molecular flexibility index (Phi) is 4.89. The first kappa shape index (κ1) is 13.5. The van der Waals surface area contributed by atoms with Crippen molar-refractivity contribution < 1.29 is 4.74 Å². The summed E-state index contributed by atoms with van der Waals surface area (Å²) in [6.07, 6.45) is 5.38. The van der Waals surface area contributed by atoms with Gasteiger partial charge in [-0.3, -0.25) is 16.3 Å². The fourth-order valence-corrected chi connectivity index (χ4v) is 2.04. The Morgan fingerprint density at radius 3 is 2.47 bits per heavy atom. The first-order chi connectivity index (χ1) is 9.31. The van der Waals surface area contributed by atoms with Crippen LogP contribution in [0.1, 0.15) is 11.1 Å². The molecule has 2 rings (SSSR count). The molecular formula is C15H19N3O. The van der Waals surface area contributed by atoms with E-state index in [1.54, 1.807) is 13.3 Å². The largest absolute Gasteiger partial charge is 0.497 e. The van der Waals surface area contributed by atoms with Gasteiger partial charge in [-0.25, -0.2) is 0 Å². The zero-order valence-corrected chi connectivity index (χ0v) is 11.0. The van der Waals surface area contributed by atoms with Crippen LogP contribution in [0.3, 0.4) is 0 Å². The predicted octanol–water partition coefficient (Wildman–Crippen LogP) is 1.71. The van der Waals surface area contributed by atoms with Gasteiger partial charge in [0.05, 0.1) is 7.11 Å². The lowest BCUT2D eigenvalue weighted by atomic mass is 10.0. The summed E-state index contributed by atoms with van der Waals surface area (Å²) < 4.78 is 5.15. The van der Waals surface area contributed by atoms with Crippen LogP contribution < -0.4 is 16.0 Å². The van der Waals surface area contributed by atoms with Crippen molar-refractivity contribution in [1.82, 2.24) is 10.4 Å². The van der Waals surface area contributed by atoms with Crippen LogP contribution in [-0.2, 0) is 12.8 Å². The van der Waals surface area contributed by atoms with Crippen molar-refractivity contribution in [2.45, 2.75) is 18.9 Å². The average molecular weight is 257 g/mol. The van der Waals surface area contributed by atoms with Crippen LogP contribution in [0.25, 0.3) is 0 Å². The second kappa shape index (κ2) is 6.87. The summed E-state index contributed by atoms with van der Waals surface area (Å²) in [5, 5.41) is 0. The van der Waals surface area contributed by atoms with E-state index in [9.17, 15) is 0 Å². The summed E-state index contributed by atoms with van der Waals surface area (Å²) in [6.45, 7) is 0. The Morgan fingerprint density at radius 1 is 1.16 bits per heavy atom. The third-order valence-electron chi connectivity index (χ3n) is 3.08. The van der Waals surface area contributed by atoms with Gasteiger partial charge < -0.3 is 4.74 Å². The zero-order chi connectivity index (χ0) is 13.5. The lowest BCUT2D eigenvalue weighted by Crippen LogP contribution is -2.38. The maximum absolute atomic E-state index is 5.63. The number of hydrazine groups is 1. The summed E-state index contributed by atoms with van der Waals surface area (Å²) in [4.78, 5) is 4.12. The van der Waals surface area contributed by atoms with E-state index in [0.29, 0.717) is 0 Å². The van der Waals surface area contributed by atoms with Crippen LogP contribution in [0.2, 0.25) is 0 Å². The van der Waals surface area contributed by atoms with Gasteiger partial charge in [0.15, 0.2) is 0 Å². The highest BCUT2D eigenvalue weighted by Gasteiger charge is 2.09. The lowest BCUT2D eigenvalue weighted by molar-refractivity contribution is 0.414. The first-order valence-corrected chi connectivity index (χ1v) is 6.30. The molecule has 1 aromatic carbocycles. The summed E-state index contributed by atoms with van der Waals surface area (Å²) in [7, 11) is 1.67. The number of methoxy groups -OCH3 is 1. The minimum Gasteiger partial charge on any atom is -0.497 e. The van der Waals surface area contributed by atoms with Crippen LogP contribution in [-0.4, -0.2) is 18.1 Å². The summed E-state index contributed by atoms with van der Waals surface area (Å²) >= 11 is 0. The molecule has 0 saturated heterocycles. The number of hydrogen-bond acceptors (Lipinski definition) is 4. The summed E-state index contributed by atoms with van der Waals surface area (Å²) in [5.41, 5.74) is 5.28. The number of ether oxygens (including phenoxy) is 1. The predicted molar refractivity (Wildman–Crippen MR) is 75.8 cm³/mol. The van der Waals surface area contributed by atoms with Crippen LogP contribution in [0.4, 0.5) is 0 Å². The number of nitrogens with zero attached hydrogens (tertiary/aromatic N) is 1. The molecule has 0 aliphatic heterocycles. The van der Waals surface area contributed by atoms with E-state index < -0.39 is 0 Å². The summed E-state index contributed by atoms with van der Waals surface area (Å²) in [6, 6.07) is 12.2. The van der Waals surface area contributed by atoms with Gasteiger partial charge in [0.1, 0.15) is 5.75 Å². The van der Waals surface area contributed by atoms with Gasteiger partial charge in [-0.2, -0.15) is 0 Å². The molecule has 1 aromatic heterocycles. The Hall–Kier alpha value is -1.91. The quantitative estimate of drug-likeness (QED) is 0.611. The molecule has 0 bridgehead atoms. The van der Waals surface area contributed by atoms with Crippen LogP contribution in [0.15, 0.2) is 48.8 Å². The van der Waals surface area contributed by atoms with Crippen molar-refractivity contribution in [2.75, 3.05) is 7.11 Å². The first-order valence-electron chi connectivity index (χ1n) is 6.30. The fourth-order valence-electron chi connectivity index (χ4n) is 2.04. The minimum atomic E-state index is 0.192. The Labute approximate surface area is 113 Å². The number of nitrogens with two attached hydrogens (primary N) is 1. The Morgan fingerprint density at radius 2 is 1.89 bits per heavy atom. The van der Waals surface area contributed by atoms with E-state index in [2.05, 4.69) is 28.6 Å². The maximum Gasteiger partial charge on any atom is 0.118 e. The molecule has 0 radical (unpaired) electrons. The smallest absolute Gasteiger partial charge is 0.118 e. The zero-order valence-electron chi connectivity index (χ0n) is 11.0. The van der Waals surface area contributed by atoms with Gasteiger partial charge in [0, 0.05) is 18.4 Å². The highest BCUT2D eigenvalue weighted by atomic mass is 16.5. The highest BCUT2D eigenvalue weighted by molar-refractivity contribution is 5.28. The van der Waals surface area contributed by atoms with Gasteiger partial charge in [-0.15, -0.1) is 0 Å². The molecule has 1 atom stereocenters. The number of hydrogen-bond donors (Lipinski definition) is 2. The third kappa shape index (κ3) is 4.05. The molecule has 1 heterocycles. The number of aromatic nitrogens is 1. The van der Waals surface area contributed by atoms with Gasteiger partial charge in [0.2, 0.25) is 0 Å². The molecule has 2 aromatic rings. The van der Waals surface area contributed by atoms with Gasteiger partial charge in [-0.1, -0.05) is 18.2 Å². The molecule has 0 saturated carbocycles. The second-order valence-corrected chi connectivity index (χ2v) is 4.48. The van der Waals surface area contributed by atoms with Crippen molar-refractivity contribution in [3.63, 3.8) is 0 Å². The van der Waals surface area contributed by atoms with Gasteiger partial charge >= 0.3 is 0 Å². The fraction of sp³-hybridized carbons (Fsp3) is 0.267. The van der Waals surface area contributed by atoms with Crippen LogP contribution in [0, 0.1) is 0 Å². The van der Waals surface area contributed by atoms with Gasteiger partial charge in [0.25, 0.3) is 0 Å². The number of rotatable bonds is 6. The molecule has 3 N–H and O–H groups in total. The molecule has 4 nitrogen and oxygen atoms in total. The average Bonchev–Trinajstić information content (AvgIpc) is 2.48. The maximum atomic E-state index is 5.63. The molecule has 0 fully saturated rings. The Bertz CT molecular complexity index is 485. The Balaban J connectivity index is 1.98. The van der Waals surface area contributed by atoms with Crippen molar-refractivity contribution in [3.8, 4) is 5.75 Å². The molecule has 100 valence electrons. The van der Waals surface area contributed by atoms with E-state index in [4.69, 9.17) is 10.6 Å². The van der Waals surface area contributed by atoms with Gasteiger partial charge in [-0.05, 0) is 42.2 Å². The molecule has 0 aliphatic rings. The number of nitrogens with one attached hydrogen (secondary N) is 1.